The monoisotopic (exact) mass is 230 g/mol. The minimum atomic E-state index is -0.881. The summed E-state index contributed by atoms with van der Waals surface area (Å²) < 4.78 is 1.75. The Morgan fingerprint density at radius 3 is 2.82 bits per heavy atom. The molecule has 1 fully saturated rings. The number of pyridine rings is 1. The Bertz CT molecular complexity index is 597. The summed E-state index contributed by atoms with van der Waals surface area (Å²) in [6.07, 6.45) is 3.29. The van der Waals surface area contributed by atoms with Crippen LogP contribution in [-0.2, 0) is 0 Å². The van der Waals surface area contributed by atoms with Crippen LogP contribution in [0.1, 0.15) is 47.1 Å². The predicted molar refractivity (Wildman–Crippen MR) is 63.5 cm³/mol. The third-order valence-electron chi connectivity index (χ3n) is 3.56. The van der Waals surface area contributed by atoms with Crippen LogP contribution in [0.2, 0.25) is 0 Å². The van der Waals surface area contributed by atoms with Gasteiger partial charge in [-0.3, -0.25) is 4.40 Å². The van der Waals surface area contributed by atoms with Crippen molar-refractivity contribution in [2.75, 3.05) is 0 Å². The second kappa shape index (κ2) is 3.58. The highest BCUT2D eigenvalue weighted by Gasteiger charge is 2.29. The number of imidazole rings is 1. The molecule has 3 rings (SSSR count). The maximum atomic E-state index is 11.4. The van der Waals surface area contributed by atoms with Crippen LogP contribution < -0.4 is 0 Å². The molecule has 0 atom stereocenters. The van der Waals surface area contributed by atoms with E-state index in [1.165, 1.54) is 6.42 Å². The first kappa shape index (κ1) is 10.3. The van der Waals surface area contributed by atoms with Gasteiger partial charge in [-0.1, -0.05) is 12.5 Å². The van der Waals surface area contributed by atoms with Crippen LogP contribution >= 0.6 is 0 Å². The number of aryl methyl sites for hydroxylation is 1. The van der Waals surface area contributed by atoms with E-state index < -0.39 is 5.97 Å². The lowest BCUT2D eigenvalue weighted by Crippen LogP contribution is -2.15. The molecule has 0 unspecified atom stereocenters. The van der Waals surface area contributed by atoms with Gasteiger partial charge in [-0.05, 0) is 31.9 Å². The first-order chi connectivity index (χ1) is 8.18. The highest BCUT2D eigenvalue weighted by atomic mass is 16.4. The summed E-state index contributed by atoms with van der Waals surface area (Å²) in [6, 6.07) is 5.68. The quantitative estimate of drug-likeness (QED) is 0.862. The lowest BCUT2D eigenvalue weighted by atomic mass is 9.82. The Morgan fingerprint density at radius 2 is 2.24 bits per heavy atom. The maximum Gasteiger partial charge on any atom is 0.354 e. The summed E-state index contributed by atoms with van der Waals surface area (Å²) in [5.74, 6) is -0.547. The molecule has 4 nitrogen and oxygen atoms in total. The minimum Gasteiger partial charge on any atom is -0.477 e. The molecule has 0 spiro atoms. The smallest absolute Gasteiger partial charge is 0.354 e. The highest BCUT2D eigenvalue weighted by molar-refractivity contribution is 5.88. The van der Waals surface area contributed by atoms with Gasteiger partial charge in [-0.15, -0.1) is 0 Å². The molecule has 1 N–H and O–H groups in total. The van der Waals surface area contributed by atoms with Gasteiger partial charge in [0.1, 0.15) is 5.65 Å². The Hall–Kier alpha value is -1.84. The molecule has 2 heterocycles. The van der Waals surface area contributed by atoms with Gasteiger partial charge in [-0.25, -0.2) is 9.78 Å². The van der Waals surface area contributed by atoms with Gasteiger partial charge in [-0.2, -0.15) is 0 Å². The zero-order valence-corrected chi connectivity index (χ0v) is 9.68. The number of aromatic carboxylic acids is 1. The number of rotatable bonds is 2. The summed E-state index contributed by atoms with van der Waals surface area (Å²) in [4.78, 5) is 15.9. The summed E-state index contributed by atoms with van der Waals surface area (Å²) in [7, 11) is 0. The Balaban J connectivity index is 2.31. The fraction of sp³-hybridized carbons (Fsp3) is 0.385. The number of aromatic nitrogens is 2. The van der Waals surface area contributed by atoms with Crippen LogP contribution in [0.5, 0.6) is 0 Å². The average Bonchev–Trinajstić information content (AvgIpc) is 2.55. The lowest BCUT2D eigenvalue weighted by Gasteiger charge is -2.23. The number of carbonyl (C=O) groups is 1. The minimum absolute atomic E-state index is 0.334. The fourth-order valence-electron chi connectivity index (χ4n) is 2.44. The van der Waals surface area contributed by atoms with Crippen LogP contribution in [0.4, 0.5) is 0 Å². The third-order valence-corrected chi connectivity index (χ3v) is 3.56. The van der Waals surface area contributed by atoms with Crippen LogP contribution in [0.15, 0.2) is 18.2 Å². The Labute approximate surface area is 98.9 Å². The number of fused-ring (bicyclic) bond motifs is 1. The van der Waals surface area contributed by atoms with Crippen molar-refractivity contribution in [3.8, 4) is 0 Å². The molecule has 2 aromatic rings. The van der Waals surface area contributed by atoms with E-state index in [-0.39, 0.29) is 0 Å². The predicted octanol–water partition coefficient (Wildman–Crippen LogP) is 2.61. The van der Waals surface area contributed by atoms with Crippen molar-refractivity contribution >= 4 is 11.6 Å². The molecular formula is C13H14N2O2. The van der Waals surface area contributed by atoms with Gasteiger partial charge in [0.2, 0.25) is 0 Å². The molecule has 1 aliphatic carbocycles. The summed E-state index contributed by atoms with van der Waals surface area (Å²) >= 11 is 0. The van der Waals surface area contributed by atoms with Crippen molar-refractivity contribution in [1.29, 1.82) is 0 Å². The SMILES string of the molecule is Cc1cccc2nc(C3CCC3)c(C(=O)O)n12. The molecule has 0 amide bonds. The number of hydrogen-bond donors (Lipinski definition) is 1. The van der Waals surface area contributed by atoms with Crippen molar-refractivity contribution in [3.05, 3.63) is 35.3 Å². The van der Waals surface area contributed by atoms with E-state index in [4.69, 9.17) is 0 Å². The van der Waals surface area contributed by atoms with E-state index in [0.29, 0.717) is 11.6 Å². The molecule has 1 aliphatic rings. The number of carboxylic acids is 1. The lowest BCUT2D eigenvalue weighted by molar-refractivity contribution is 0.0686. The first-order valence-electron chi connectivity index (χ1n) is 5.89. The van der Waals surface area contributed by atoms with Gasteiger partial charge in [0.05, 0.1) is 5.69 Å². The zero-order valence-electron chi connectivity index (χ0n) is 9.68. The standard InChI is InChI=1S/C13H14N2O2/c1-8-4-2-7-10-14-11(9-5-3-6-9)12(13(16)17)15(8)10/h2,4,7,9H,3,5-6H2,1H3,(H,16,17). The van der Waals surface area contributed by atoms with Crippen LogP contribution in [0, 0.1) is 6.92 Å². The molecule has 0 aliphatic heterocycles. The van der Waals surface area contributed by atoms with E-state index >= 15 is 0 Å². The summed E-state index contributed by atoms with van der Waals surface area (Å²) in [6.45, 7) is 1.91. The maximum absolute atomic E-state index is 11.4. The molecule has 0 aromatic carbocycles. The molecule has 88 valence electrons. The van der Waals surface area contributed by atoms with Crippen molar-refractivity contribution in [2.45, 2.75) is 32.1 Å². The number of nitrogens with zero attached hydrogens (tertiary/aromatic N) is 2. The van der Waals surface area contributed by atoms with Crippen LogP contribution in [0.3, 0.4) is 0 Å². The van der Waals surface area contributed by atoms with Crippen LogP contribution in [-0.4, -0.2) is 20.5 Å². The van der Waals surface area contributed by atoms with Crippen molar-refractivity contribution in [3.63, 3.8) is 0 Å². The highest BCUT2D eigenvalue weighted by Crippen LogP contribution is 2.37. The molecule has 0 radical (unpaired) electrons. The Kier molecular flexibility index (Phi) is 2.18. The van der Waals surface area contributed by atoms with Crippen molar-refractivity contribution < 1.29 is 9.90 Å². The van der Waals surface area contributed by atoms with E-state index in [9.17, 15) is 9.90 Å². The number of carboxylic acid groups (broad SMARTS) is 1. The van der Waals surface area contributed by atoms with E-state index in [0.717, 1.165) is 29.9 Å². The zero-order chi connectivity index (χ0) is 12.0. The van der Waals surface area contributed by atoms with Gasteiger partial charge in [0.25, 0.3) is 0 Å². The molecule has 17 heavy (non-hydrogen) atoms. The normalized spacial score (nSPS) is 16.1. The number of hydrogen-bond acceptors (Lipinski definition) is 2. The van der Waals surface area contributed by atoms with Crippen LogP contribution in [0.25, 0.3) is 5.65 Å². The largest absolute Gasteiger partial charge is 0.477 e. The van der Waals surface area contributed by atoms with Gasteiger partial charge < -0.3 is 5.11 Å². The molecular weight excluding hydrogens is 216 g/mol. The molecule has 4 heteroatoms. The first-order valence-corrected chi connectivity index (χ1v) is 5.89. The second-order valence-electron chi connectivity index (χ2n) is 4.64. The Morgan fingerprint density at radius 1 is 1.47 bits per heavy atom. The van der Waals surface area contributed by atoms with E-state index in [2.05, 4.69) is 4.98 Å². The molecule has 1 saturated carbocycles. The van der Waals surface area contributed by atoms with E-state index in [1.807, 2.05) is 25.1 Å². The van der Waals surface area contributed by atoms with Gasteiger partial charge >= 0.3 is 5.97 Å². The molecule has 2 aromatic heterocycles. The molecule has 0 saturated heterocycles. The fourth-order valence-corrected chi connectivity index (χ4v) is 2.44. The molecule has 0 bridgehead atoms. The van der Waals surface area contributed by atoms with Crippen molar-refractivity contribution in [2.24, 2.45) is 0 Å². The van der Waals surface area contributed by atoms with Gasteiger partial charge in [0, 0.05) is 11.6 Å². The third kappa shape index (κ3) is 1.44. The van der Waals surface area contributed by atoms with Gasteiger partial charge in [0.15, 0.2) is 5.69 Å². The summed E-state index contributed by atoms with van der Waals surface area (Å²) in [5.41, 5.74) is 2.77. The van der Waals surface area contributed by atoms with Crippen molar-refractivity contribution in [1.82, 2.24) is 9.38 Å². The summed E-state index contributed by atoms with van der Waals surface area (Å²) in [5, 5.41) is 9.38. The second-order valence-corrected chi connectivity index (χ2v) is 4.64. The topological polar surface area (TPSA) is 54.6 Å². The average molecular weight is 230 g/mol. The van der Waals surface area contributed by atoms with E-state index in [1.54, 1.807) is 4.40 Å².